The minimum absolute atomic E-state index is 0.127. The summed E-state index contributed by atoms with van der Waals surface area (Å²) >= 11 is 4.91. The largest absolute Gasteiger partial charge is 0.397 e. The van der Waals surface area contributed by atoms with E-state index in [1.807, 2.05) is 25.1 Å². The summed E-state index contributed by atoms with van der Waals surface area (Å²) in [4.78, 5) is 13.0. The lowest BCUT2D eigenvalue weighted by Crippen LogP contribution is -2.40. The summed E-state index contributed by atoms with van der Waals surface area (Å²) in [5, 5.41) is 3.87. The molecule has 1 saturated heterocycles. The molecule has 0 bridgehead atoms. The molecule has 1 aromatic carbocycles. The van der Waals surface area contributed by atoms with Gasteiger partial charge in [-0.15, -0.1) is 11.3 Å². The third-order valence-corrected chi connectivity index (χ3v) is 5.66. The van der Waals surface area contributed by atoms with Gasteiger partial charge in [0.05, 0.1) is 11.3 Å². The van der Waals surface area contributed by atoms with Crippen LogP contribution in [0.25, 0.3) is 10.1 Å². The third-order valence-electron chi connectivity index (χ3n) is 3.83. The summed E-state index contributed by atoms with van der Waals surface area (Å²) in [6.07, 6.45) is 2.02. The molecule has 1 aliphatic rings. The van der Waals surface area contributed by atoms with Gasteiger partial charge in [-0.05, 0) is 31.9 Å². The number of halogens is 1. The van der Waals surface area contributed by atoms with Crippen molar-refractivity contribution in [1.29, 1.82) is 0 Å². The Bertz CT molecular complexity index is 692. The fraction of sp³-hybridized carbons (Fsp3) is 0.400. The highest BCUT2D eigenvalue weighted by atomic mass is 79.9. The highest BCUT2D eigenvalue weighted by Gasteiger charge is 2.30. The predicted octanol–water partition coefficient (Wildman–Crippen LogP) is 3.54. The molecule has 112 valence electrons. The van der Waals surface area contributed by atoms with Crippen LogP contribution in [0.2, 0.25) is 0 Å². The molecule has 3 N–H and O–H groups in total. The highest BCUT2D eigenvalue weighted by molar-refractivity contribution is 9.10. The van der Waals surface area contributed by atoms with E-state index in [1.165, 1.54) is 11.3 Å². The van der Waals surface area contributed by atoms with Gasteiger partial charge < -0.3 is 15.8 Å². The first-order valence-corrected chi connectivity index (χ1v) is 8.50. The Morgan fingerprint density at radius 1 is 1.57 bits per heavy atom. The first kappa shape index (κ1) is 14.8. The second-order valence-corrected chi connectivity index (χ2v) is 7.45. The zero-order valence-electron chi connectivity index (χ0n) is 11.7. The maximum atomic E-state index is 12.4. The van der Waals surface area contributed by atoms with Crippen molar-refractivity contribution in [3.8, 4) is 0 Å². The van der Waals surface area contributed by atoms with E-state index in [4.69, 9.17) is 10.5 Å². The number of hydrogen-bond acceptors (Lipinski definition) is 4. The molecule has 1 aliphatic heterocycles. The van der Waals surface area contributed by atoms with E-state index < -0.39 is 0 Å². The molecule has 0 aliphatic carbocycles. The molecular weight excluding hydrogens is 352 g/mol. The van der Waals surface area contributed by atoms with Crippen LogP contribution in [0.4, 0.5) is 5.69 Å². The number of benzene rings is 1. The summed E-state index contributed by atoms with van der Waals surface area (Å²) in [7, 11) is 0. The van der Waals surface area contributed by atoms with Crippen molar-refractivity contribution in [2.45, 2.75) is 25.4 Å². The maximum Gasteiger partial charge on any atom is 0.263 e. The second-order valence-electron chi connectivity index (χ2n) is 5.54. The van der Waals surface area contributed by atoms with Gasteiger partial charge in [0.1, 0.15) is 4.88 Å². The lowest BCUT2D eigenvalue weighted by molar-refractivity contribution is 0.0206. The monoisotopic (exact) mass is 368 g/mol. The number of fused-ring (bicyclic) bond motifs is 1. The fourth-order valence-corrected chi connectivity index (χ4v) is 4.40. The Hall–Kier alpha value is -1.11. The summed E-state index contributed by atoms with van der Waals surface area (Å²) in [6.45, 7) is 3.32. The van der Waals surface area contributed by atoms with Crippen molar-refractivity contribution in [1.82, 2.24) is 5.32 Å². The molecule has 0 saturated carbocycles. The molecular formula is C15H17BrN2O2S. The van der Waals surface area contributed by atoms with Gasteiger partial charge in [-0.3, -0.25) is 4.79 Å². The molecule has 2 heterocycles. The van der Waals surface area contributed by atoms with Crippen LogP contribution >= 0.6 is 27.3 Å². The number of carbonyl (C=O) groups is 1. The van der Waals surface area contributed by atoms with Gasteiger partial charge in [0.2, 0.25) is 0 Å². The normalized spacial score (nSPS) is 21.8. The van der Waals surface area contributed by atoms with E-state index in [0.29, 0.717) is 17.1 Å². The van der Waals surface area contributed by atoms with Crippen molar-refractivity contribution in [3.05, 3.63) is 27.5 Å². The Balaban J connectivity index is 1.82. The van der Waals surface area contributed by atoms with Crippen LogP contribution in [-0.2, 0) is 4.74 Å². The van der Waals surface area contributed by atoms with E-state index in [0.717, 1.165) is 34.0 Å². The Morgan fingerprint density at radius 3 is 3.05 bits per heavy atom. The molecule has 21 heavy (non-hydrogen) atoms. The number of carbonyl (C=O) groups excluding carboxylic acids is 1. The Labute approximate surface area is 135 Å². The van der Waals surface area contributed by atoms with Gasteiger partial charge in [0.25, 0.3) is 5.91 Å². The van der Waals surface area contributed by atoms with Crippen molar-refractivity contribution in [3.63, 3.8) is 0 Å². The standard InChI is InChI=1S/C15H17BrN2O2S/c1-15(6-3-7-20-15)8-18-14(19)13-12(17)11-9(16)4-2-5-10(11)21-13/h2,4-5H,3,6-8,17H2,1H3,(H,18,19). The second kappa shape index (κ2) is 5.59. The first-order chi connectivity index (χ1) is 10.0. The number of anilines is 1. The third kappa shape index (κ3) is 2.80. The van der Waals surface area contributed by atoms with Crippen LogP contribution in [-0.4, -0.2) is 24.7 Å². The molecule has 1 amide bonds. The van der Waals surface area contributed by atoms with E-state index in [-0.39, 0.29) is 11.5 Å². The average Bonchev–Trinajstić information content (AvgIpc) is 3.02. The fourth-order valence-electron chi connectivity index (χ4n) is 2.62. The number of amides is 1. The number of hydrogen-bond donors (Lipinski definition) is 2. The van der Waals surface area contributed by atoms with Gasteiger partial charge in [-0.2, -0.15) is 0 Å². The van der Waals surface area contributed by atoms with Crippen molar-refractivity contribution in [2.24, 2.45) is 0 Å². The summed E-state index contributed by atoms with van der Waals surface area (Å²) < 4.78 is 7.61. The zero-order valence-corrected chi connectivity index (χ0v) is 14.1. The van der Waals surface area contributed by atoms with Gasteiger partial charge in [0.15, 0.2) is 0 Å². The van der Waals surface area contributed by atoms with Crippen LogP contribution < -0.4 is 11.1 Å². The Morgan fingerprint density at radius 2 is 2.38 bits per heavy atom. The van der Waals surface area contributed by atoms with Gasteiger partial charge in [-0.25, -0.2) is 0 Å². The zero-order chi connectivity index (χ0) is 15.0. The van der Waals surface area contributed by atoms with Gasteiger partial charge in [-0.1, -0.05) is 22.0 Å². The quantitative estimate of drug-likeness (QED) is 0.870. The summed E-state index contributed by atoms with van der Waals surface area (Å²) in [5.41, 5.74) is 6.44. The van der Waals surface area contributed by atoms with Crippen molar-refractivity contribution in [2.75, 3.05) is 18.9 Å². The molecule has 6 heteroatoms. The first-order valence-electron chi connectivity index (χ1n) is 6.89. The number of rotatable bonds is 3. The Kier molecular flexibility index (Phi) is 3.94. The van der Waals surface area contributed by atoms with Crippen LogP contribution in [0.5, 0.6) is 0 Å². The van der Waals surface area contributed by atoms with Crippen LogP contribution in [0.15, 0.2) is 22.7 Å². The maximum absolute atomic E-state index is 12.4. The molecule has 2 aromatic rings. The number of nitrogen functional groups attached to an aromatic ring is 1. The van der Waals surface area contributed by atoms with Crippen molar-refractivity contribution >= 4 is 48.9 Å². The SMILES string of the molecule is CC1(CNC(=O)c2sc3cccc(Br)c3c2N)CCCO1. The number of nitrogens with two attached hydrogens (primary N) is 1. The predicted molar refractivity (Wildman–Crippen MR) is 89.9 cm³/mol. The highest BCUT2D eigenvalue weighted by Crippen LogP contribution is 2.38. The summed E-state index contributed by atoms with van der Waals surface area (Å²) in [5.74, 6) is -0.127. The molecule has 1 aromatic heterocycles. The van der Waals surface area contributed by atoms with Crippen molar-refractivity contribution < 1.29 is 9.53 Å². The van der Waals surface area contributed by atoms with E-state index in [9.17, 15) is 4.79 Å². The average molecular weight is 369 g/mol. The minimum atomic E-state index is -0.248. The van der Waals surface area contributed by atoms with Crippen LogP contribution in [0.1, 0.15) is 29.4 Å². The molecule has 1 fully saturated rings. The molecule has 0 radical (unpaired) electrons. The minimum Gasteiger partial charge on any atom is -0.397 e. The van der Waals surface area contributed by atoms with E-state index in [1.54, 1.807) is 0 Å². The number of thiophene rings is 1. The topological polar surface area (TPSA) is 64.4 Å². The number of nitrogens with one attached hydrogen (secondary N) is 1. The lowest BCUT2D eigenvalue weighted by atomic mass is 10.0. The molecule has 1 atom stereocenters. The molecule has 0 spiro atoms. The van der Waals surface area contributed by atoms with Crippen LogP contribution in [0, 0.1) is 0 Å². The summed E-state index contributed by atoms with van der Waals surface area (Å²) in [6, 6.07) is 5.84. The van der Waals surface area contributed by atoms with Gasteiger partial charge >= 0.3 is 0 Å². The molecule has 3 rings (SSSR count). The van der Waals surface area contributed by atoms with E-state index >= 15 is 0 Å². The van der Waals surface area contributed by atoms with Gasteiger partial charge in [0, 0.05) is 27.7 Å². The molecule has 4 nitrogen and oxygen atoms in total. The smallest absolute Gasteiger partial charge is 0.263 e. The number of ether oxygens (including phenoxy) is 1. The van der Waals surface area contributed by atoms with Crippen LogP contribution in [0.3, 0.4) is 0 Å². The van der Waals surface area contributed by atoms with E-state index in [2.05, 4.69) is 21.2 Å². The molecule has 1 unspecified atom stereocenters. The lowest BCUT2D eigenvalue weighted by Gasteiger charge is -2.23.